The molecule has 0 aliphatic carbocycles. The maximum atomic E-state index is 4.98. The Hall–Kier alpha value is -0.680. The molecule has 1 heterocycles. The van der Waals surface area contributed by atoms with Crippen LogP contribution in [0, 0.1) is 6.92 Å². The van der Waals surface area contributed by atoms with Crippen LogP contribution in [0.3, 0.4) is 0 Å². The van der Waals surface area contributed by atoms with Gasteiger partial charge in [0.2, 0.25) is 5.13 Å². The molecule has 0 fully saturated rings. The quantitative estimate of drug-likeness (QED) is 0.787. The first-order chi connectivity index (χ1) is 6.22. The zero-order valence-electron chi connectivity index (χ0n) is 8.20. The van der Waals surface area contributed by atoms with Gasteiger partial charge in [0.25, 0.3) is 0 Å². The number of hydrogen-bond donors (Lipinski definition) is 1. The summed E-state index contributed by atoms with van der Waals surface area (Å²) in [6.45, 7) is 4.82. The van der Waals surface area contributed by atoms with E-state index in [1.54, 1.807) is 18.4 Å². The minimum atomic E-state index is 0.382. The molecule has 0 spiro atoms. The van der Waals surface area contributed by atoms with Crippen LogP contribution in [-0.4, -0.2) is 30.0 Å². The van der Waals surface area contributed by atoms with Crippen molar-refractivity contribution in [3.05, 3.63) is 5.01 Å². The Morgan fingerprint density at radius 2 is 2.31 bits per heavy atom. The van der Waals surface area contributed by atoms with E-state index >= 15 is 0 Å². The fraction of sp³-hybridized carbons (Fsp3) is 0.750. The number of rotatable bonds is 5. The molecule has 1 aromatic heterocycles. The first kappa shape index (κ1) is 10.4. The molecule has 1 atom stereocenters. The summed E-state index contributed by atoms with van der Waals surface area (Å²) in [5.74, 6) is 0. The fourth-order valence-electron chi connectivity index (χ4n) is 0.932. The van der Waals surface area contributed by atoms with E-state index in [0.717, 1.165) is 23.2 Å². The maximum Gasteiger partial charge on any atom is 0.205 e. The van der Waals surface area contributed by atoms with Crippen molar-refractivity contribution in [1.82, 2.24) is 10.2 Å². The Kier molecular flexibility index (Phi) is 4.11. The van der Waals surface area contributed by atoms with Crippen LogP contribution < -0.4 is 5.32 Å². The van der Waals surface area contributed by atoms with Gasteiger partial charge < -0.3 is 10.1 Å². The number of aryl methyl sites for hydroxylation is 1. The summed E-state index contributed by atoms with van der Waals surface area (Å²) in [6, 6.07) is 0.382. The molecule has 1 unspecified atom stereocenters. The Morgan fingerprint density at radius 3 is 2.85 bits per heavy atom. The highest BCUT2D eigenvalue weighted by molar-refractivity contribution is 7.15. The molecule has 0 aliphatic heterocycles. The van der Waals surface area contributed by atoms with E-state index in [9.17, 15) is 0 Å². The lowest BCUT2D eigenvalue weighted by Gasteiger charge is -2.10. The first-order valence-electron chi connectivity index (χ1n) is 4.28. The van der Waals surface area contributed by atoms with Crippen LogP contribution >= 0.6 is 11.3 Å². The maximum absolute atomic E-state index is 4.98. The Morgan fingerprint density at radius 1 is 1.54 bits per heavy atom. The molecule has 0 saturated carbocycles. The standard InChI is InChI=1S/C8H15N3OS/c1-6(4-5-12-3)9-8-11-10-7(2)13-8/h6H,4-5H2,1-3H3,(H,9,11). The highest BCUT2D eigenvalue weighted by Gasteiger charge is 2.04. The molecule has 0 radical (unpaired) electrons. The van der Waals surface area contributed by atoms with E-state index in [1.807, 2.05) is 6.92 Å². The van der Waals surface area contributed by atoms with Crippen LogP contribution in [0.15, 0.2) is 0 Å². The van der Waals surface area contributed by atoms with Gasteiger partial charge in [-0.05, 0) is 20.3 Å². The van der Waals surface area contributed by atoms with Gasteiger partial charge in [-0.15, -0.1) is 10.2 Å². The molecule has 0 aromatic carbocycles. The molecule has 0 saturated heterocycles. The second kappa shape index (κ2) is 5.14. The van der Waals surface area contributed by atoms with Crippen molar-refractivity contribution in [3.63, 3.8) is 0 Å². The highest BCUT2D eigenvalue weighted by atomic mass is 32.1. The largest absolute Gasteiger partial charge is 0.385 e. The van der Waals surface area contributed by atoms with Gasteiger partial charge in [-0.2, -0.15) is 0 Å². The Balaban J connectivity index is 2.31. The number of anilines is 1. The number of methoxy groups -OCH3 is 1. The Labute approximate surface area is 82.3 Å². The molecular formula is C8H15N3OS. The molecule has 0 bridgehead atoms. The SMILES string of the molecule is COCCC(C)Nc1nnc(C)s1. The van der Waals surface area contributed by atoms with Gasteiger partial charge >= 0.3 is 0 Å². The lowest BCUT2D eigenvalue weighted by atomic mass is 10.2. The molecule has 5 heteroatoms. The lowest BCUT2D eigenvalue weighted by molar-refractivity contribution is 0.191. The van der Waals surface area contributed by atoms with Crippen molar-refractivity contribution in [2.24, 2.45) is 0 Å². The molecule has 1 aromatic rings. The summed E-state index contributed by atoms with van der Waals surface area (Å²) >= 11 is 1.58. The van der Waals surface area contributed by atoms with Crippen molar-refractivity contribution >= 4 is 16.5 Å². The van der Waals surface area contributed by atoms with Crippen molar-refractivity contribution in [2.45, 2.75) is 26.3 Å². The minimum absolute atomic E-state index is 0.382. The van der Waals surface area contributed by atoms with E-state index in [0.29, 0.717) is 6.04 Å². The zero-order chi connectivity index (χ0) is 9.68. The van der Waals surface area contributed by atoms with Crippen LogP contribution in [0.2, 0.25) is 0 Å². The summed E-state index contributed by atoms with van der Waals surface area (Å²) in [7, 11) is 1.71. The summed E-state index contributed by atoms with van der Waals surface area (Å²) in [4.78, 5) is 0. The van der Waals surface area contributed by atoms with Gasteiger partial charge in [0.05, 0.1) is 0 Å². The molecule has 4 nitrogen and oxygen atoms in total. The second-order valence-electron chi connectivity index (χ2n) is 2.95. The number of ether oxygens (including phenoxy) is 1. The molecule has 1 rings (SSSR count). The molecule has 1 N–H and O–H groups in total. The molecule has 13 heavy (non-hydrogen) atoms. The van der Waals surface area contributed by atoms with Gasteiger partial charge in [0.15, 0.2) is 0 Å². The molecule has 0 aliphatic rings. The predicted octanol–water partition coefficient (Wildman–Crippen LogP) is 1.68. The van der Waals surface area contributed by atoms with Gasteiger partial charge in [-0.25, -0.2) is 0 Å². The number of aromatic nitrogens is 2. The fourth-order valence-corrected chi connectivity index (χ4v) is 1.64. The Bertz CT molecular complexity index is 251. The predicted molar refractivity (Wildman–Crippen MR) is 54.2 cm³/mol. The topological polar surface area (TPSA) is 47.0 Å². The smallest absolute Gasteiger partial charge is 0.205 e. The van der Waals surface area contributed by atoms with Crippen molar-refractivity contribution in [2.75, 3.05) is 19.0 Å². The molecule has 74 valence electrons. The normalized spacial score (nSPS) is 12.8. The molecule has 0 amide bonds. The van der Waals surface area contributed by atoms with Gasteiger partial charge in [-0.1, -0.05) is 11.3 Å². The lowest BCUT2D eigenvalue weighted by Crippen LogP contribution is -2.16. The van der Waals surface area contributed by atoms with Crippen molar-refractivity contribution < 1.29 is 4.74 Å². The average molecular weight is 201 g/mol. The van der Waals surface area contributed by atoms with Crippen LogP contribution in [0.5, 0.6) is 0 Å². The minimum Gasteiger partial charge on any atom is -0.385 e. The summed E-state index contributed by atoms with van der Waals surface area (Å²) in [5.41, 5.74) is 0. The van der Waals surface area contributed by atoms with Crippen LogP contribution in [-0.2, 0) is 4.74 Å². The monoisotopic (exact) mass is 201 g/mol. The first-order valence-corrected chi connectivity index (χ1v) is 5.09. The van der Waals surface area contributed by atoms with Crippen molar-refractivity contribution in [1.29, 1.82) is 0 Å². The third-order valence-electron chi connectivity index (χ3n) is 1.65. The summed E-state index contributed by atoms with van der Waals surface area (Å²) < 4.78 is 4.98. The van der Waals surface area contributed by atoms with Crippen LogP contribution in [0.4, 0.5) is 5.13 Å². The summed E-state index contributed by atoms with van der Waals surface area (Å²) in [6.07, 6.45) is 0.981. The second-order valence-corrected chi connectivity index (χ2v) is 4.13. The van der Waals surface area contributed by atoms with E-state index in [1.165, 1.54) is 0 Å². The van der Waals surface area contributed by atoms with Gasteiger partial charge in [-0.3, -0.25) is 0 Å². The van der Waals surface area contributed by atoms with E-state index in [2.05, 4.69) is 22.4 Å². The zero-order valence-corrected chi connectivity index (χ0v) is 9.02. The molecular weight excluding hydrogens is 186 g/mol. The number of nitrogens with one attached hydrogen (secondary N) is 1. The number of hydrogen-bond acceptors (Lipinski definition) is 5. The average Bonchev–Trinajstić information content (AvgIpc) is 2.48. The van der Waals surface area contributed by atoms with E-state index in [4.69, 9.17) is 4.74 Å². The third kappa shape index (κ3) is 3.69. The number of nitrogens with zero attached hydrogens (tertiary/aromatic N) is 2. The van der Waals surface area contributed by atoms with Gasteiger partial charge in [0.1, 0.15) is 5.01 Å². The highest BCUT2D eigenvalue weighted by Crippen LogP contribution is 2.15. The summed E-state index contributed by atoms with van der Waals surface area (Å²) in [5, 5.41) is 13.0. The van der Waals surface area contributed by atoms with Crippen LogP contribution in [0.25, 0.3) is 0 Å². The van der Waals surface area contributed by atoms with Crippen LogP contribution in [0.1, 0.15) is 18.4 Å². The van der Waals surface area contributed by atoms with Gasteiger partial charge in [0, 0.05) is 19.8 Å². The van der Waals surface area contributed by atoms with E-state index < -0.39 is 0 Å². The third-order valence-corrected chi connectivity index (χ3v) is 2.42. The van der Waals surface area contributed by atoms with E-state index in [-0.39, 0.29) is 0 Å². The van der Waals surface area contributed by atoms with Crippen molar-refractivity contribution in [3.8, 4) is 0 Å².